The van der Waals surface area contributed by atoms with Crippen LogP contribution in [0.3, 0.4) is 0 Å². The van der Waals surface area contributed by atoms with Crippen molar-refractivity contribution < 1.29 is 17.2 Å². The third-order valence-corrected chi connectivity index (χ3v) is 3.46. The van der Waals surface area contributed by atoms with Gasteiger partial charge in [0.15, 0.2) is 9.84 Å². The van der Waals surface area contributed by atoms with Crippen molar-refractivity contribution in [3.63, 3.8) is 0 Å². The van der Waals surface area contributed by atoms with Crippen LogP contribution in [-0.2, 0) is 21.6 Å². The van der Waals surface area contributed by atoms with Crippen LogP contribution in [0.1, 0.15) is 18.1 Å². The second-order valence-electron chi connectivity index (χ2n) is 3.66. The van der Waals surface area contributed by atoms with Crippen LogP contribution in [0.15, 0.2) is 23.1 Å². The Morgan fingerprint density at radius 2 is 1.88 bits per heavy atom. The van der Waals surface area contributed by atoms with E-state index in [4.69, 9.17) is 11.6 Å². The molecule has 0 atom stereocenters. The van der Waals surface area contributed by atoms with Crippen molar-refractivity contribution in [2.45, 2.75) is 23.6 Å². The molecule has 0 spiro atoms. The predicted molar refractivity (Wildman–Crippen MR) is 58.7 cm³/mol. The normalized spacial score (nSPS) is 12.8. The Morgan fingerprint density at radius 1 is 1.31 bits per heavy atom. The maximum absolute atomic E-state index is 13.1. The number of sulfone groups is 1. The molecule has 1 aromatic rings. The fourth-order valence-corrected chi connectivity index (χ4v) is 2.07. The molecule has 1 rings (SSSR count). The molecule has 90 valence electrons. The molecule has 6 heteroatoms. The molecule has 1 aromatic carbocycles. The first kappa shape index (κ1) is 13.4. The van der Waals surface area contributed by atoms with Crippen molar-refractivity contribution in [1.82, 2.24) is 0 Å². The lowest BCUT2D eigenvalue weighted by atomic mass is 10.1. The summed E-state index contributed by atoms with van der Waals surface area (Å²) in [5, 5.41) is 0. The average Bonchev–Trinajstić information content (AvgIpc) is 2.14. The highest BCUT2D eigenvalue weighted by Gasteiger charge is 2.26. The first-order valence-corrected chi connectivity index (χ1v) is 6.85. The Bertz CT molecular complexity index is 492. The Balaban J connectivity index is 3.45. The van der Waals surface area contributed by atoms with E-state index in [0.29, 0.717) is 12.5 Å². The van der Waals surface area contributed by atoms with Gasteiger partial charge in [0.05, 0.1) is 4.90 Å². The molecule has 0 bridgehead atoms. The summed E-state index contributed by atoms with van der Waals surface area (Å²) in [5.41, 5.74) is 0.0205. The zero-order valence-electron chi connectivity index (χ0n) is 8.80. The number of alkyl halides is 3. The molecule has 0 fully saturated rings. The van der Waals surface area contributed by atoms with Gasteiger partial charge in [0, 0.05) is 24.6 Å². The van der Waals surface area contributed by atoms with Gasteiger partial charge in [-0.05, 0) is 23.8 Å². The minimum absolute atomic E-state index is 0.00750. The standard InChI is InChI=1S/C10H11ClF2O2S/c1-10(12,13)8-3-7(6-11)4-9(5-8)16(2,14)15/h3-5H,6H2,1-2H3. The van der Waals surface area contributed by atoms with E-state index in [9.17, 15) is 17.2 Å². The van der Waals surface area contributed by atoms with Gasteiger partial charge in [-0.25, -0.2) is 17.2 Å². The van der Waals surface area contributed by atoms with Crippen LogP contribution in [0, 0.1) is 0 Å². The van der Waals surface area contributed by atoms with E-state index in [0.717, 1.165) is 12.3 Å². The molecule has 0 saturated carbocycles. The lowest BCUT2D eigenvalue weighted by Crippen LogP contribution is -2.09. The van der Waals surface area contributed by atoms with Crippen molar-refractivity contribution in [3.8, 4) is 0 Å². The van der Waals surface area contributed by atoms with Crippen molar-refractivity contribution in [2.75, 3.05) is 6.26 Å². The number of rotatable bonds is 3. The van der Waals surface area contributed by atoms with Crippen molar-refractivity contribution in [2.24, 2.45) is 0 Å². The summed E-state index contributed by atoms with van der Waals surface area (Å²) in [6, 6.07) is 3.49. The summed E-state index contributed by atoms with van der Waals surface area (Å²) in [6.07, 6.45) is 0.970. The quantitative estimate of drug-likeness (QED) is 0.790. The van der Waals surface area contributed by atoms with Crippen LogP contribution in [0.25, 0.3) is 0 Å². The average molecular weight is 269 g/mol. The molecule has 16 heavy (non-hydrogen) atoms. The van der Waals surface area contributed by atoms with Gasteiger partial charge >= 0.3 is 0 Å². The maximum Gasteiger partial charge on any atom is 0.270 e. The molecule has 0 aliphatic heterocycles. The van der Waals surface area contributed by atoms with E-state index in [1.165, 1.54) is 12.1 Å². The van der Waals surface area contributed by atoms with E-state index in [1.807, 2.05) is 0 Å². The summed E-state index contributed by atoms with van der Waals surface area (Å²) < 4.78 is 48.8. The zero-order chi connectivity index (χ0) is 12.6. The molecule has 0 aliphatic rings. The number of halogens is 3. The van der Waals surface area contributed by atoms with Gasteiger partial charge in [-0.1, -0.05) is 0 Å². The fourth-order valence-electron chi connectivity index (χ4n) is 1.21. The van der Waals surface area contributed by atoms with Gasteiger partial charge in [-0.2, -0.15) is 0 Å². The molecule has 0 unspecified atom stereocenters. The number of hydrogen-bond donors (Lipinski definition) is 0. The summed E-state index contributed by atoms with van der Waals surface area (Å²) in [7, 11) is -3.51. The first-order chi connectivity index (χ1) is 7.14. The molecular weight excluding hydrogens is 258 g/mol. The minimum Gasteiger partial charge on any atom is -0.224 e. The highest BCUT2D eigenvalue weighted by molar-refractivity contribution is 7.90. The van der Waals surface area contributed by atoms with Gasteiger partial charge in [0.2, 0.25) is 0 Å². The fraction of sp³-hybridized carbons (Fsp3) is 0.400. The van der Waals surface area contributed by atoms with Gasteiger partial charge in [0.25, 0.3) is 5.92 Å². The number of benzene rings is 1. The van der Waals surface area contributed by atoms with Crippen LogP contribution in [0.4, 0.5) is 8.78 Å². The molecule has 0 amide bonds. The van der Waals surface area contributed by atoms with Crippen molar-refractivity contribution in [1.29, 1.82) is 0 Å². The lowest BCUT2D eigenvalue weighted by molar-refractivity contribution is 0.0172. The van der Waals surface area contributed by atoms with Crippen LogP contribution < -0.4 is 0 Å². The summed E-state index contributed by atoms with van der Waals surface area (Å²) in [4.78, 5) is -0.137. The Kier molecular flexibility index (Phi) is 3.59. The predicted octanol–water partition coefficient (Wildman–Crippen LogP) is 2.94. The third kappa shape index (κ3) is 3.15. The highest BCUT2D eigenvalue weighted by Crippen LogP contribution is 2.30. The molecule has 0 aromatic heterocycles. The Morgan fingerprint density at radius 3 is 2.25 bits per heavy atom. The summed E-state index contributed by atoms with van der Waals surface area (Å²) in [5.74, 6) is -3.09. The van der Waals surface area contributed by atoms with Gasteiger partial charge < -0.3 is 0 Å². The van der Waals surface area contributed by atoms with Gasteiger partial charge in [-0.15, -0.1) is 11.6 Å². The highest BCUT2D eigenvalue weighted by atomic mass is 35.5. The zero-order valence-corrected chi connectivity index (χ0v) is 10.4. The largest absolute Gasteiger partial charge is 0.270 e. The van der Waals surface area contributed by atoms with E-state index in [1.54, 1.807) is 0 Å². The van der Waals surface area contributed by atoms with E-state index >= 15 is 0 Å². The second kappa shape index (κ2) is 4.30. The Hall–Kier alpha value is -0.680. The molecule has 0 radical (unpaired) electrons. The van der Waals surface area contributed by atoms with E-state index in [2.05, 4.69) is 0 Å². The van der Waals surface area contributed by atoms with Crippen LogP contribution in [0.2, 0.25) is 0 Å². The van der Waals surface area contributed by atoms with Gasteiger partial charge in [0.1, 0.15) is 0 Å². The smallest absolute Gasteiger partial charge is 0.224 e. The van der Waals surface area contributed by atoms with Gasteiger partial charge in [-0.3, -0.25) is 0 Å². The maximum atomic E-state index is 13.1. The van der Waals surface area contributed by atoms with E-state index < -0.39 is 15.8 Å². The van der Waals surface area contributed by atoms with Crippen molar-refractivity contribution in [3.05, 3.63) is 29.3 Å². The molecule has 0 aliphatic carbocycles. The third-order valence-electron chi connectivity index (χ3n) is 2.06. The number of hydrogen-bond acceptors (Lipinski definition) is 2. The topological polar surface area (TPSA) is 34.1 Å². The molecule has 0 saturated heterocycles. The lowest BCUT2D eigenvalue weighted by Gasteiger charge is -2.13. The Labute approximate surface area is 98.2 Å². The van der Waals surface area contributed by atoms with Crippen molar-refractivity contribution >= 4 is 21.4 Å². The molecule has 0 heterocycles. The summed E-state index contributed by atoms with van der Waals surface area (Å²) in [6.45, 7) is 0.715. The molecule has 0 N–H and O–H groups in total. The second-order valence-corrected chi connectivity index (χ2v) is 5.94. The van der Waals surface area contributed by atoms with Crippen LogP contribution >= 0.6 is 11.6 Å². The van der Waals surface area contributed by atoms with Crippen LogP contribution in [0.5, 0.6) is 0 Å². The van der Waals surface area contributed by atoms with E-state index in [-0.39, 0.29) is 16.3 Å². The SMILES string of the molecule is CC(F)(F)c1cc(CCl)cc(S(C)(=O)=O)c1. The monoisotopic (exact) mass is 268 g/mol. The molecular formula is C10H11ClF2O2S. The van der Waals surface area contributed by atoms with Crippen LogP contribution in [-0.4, -0.2) is 14.7 Å². The molecule has 2 nitrogen and oxygen atoms in total. The minimum atomic E-state index is -3.51. The first-order valence-electron chi connectivity index (χ1n) is 4.43. The summed E-state index contributed by atoms with van der Waals surface area (Å²) >= 11 is 5.53.